The third-order valence-corrected chi connectivity index (χ3v) is 2.14. The van der Waals surface area contributed by atoms with E-state index in [2.05, 4.69) is 10.3 Å². The summed E-state index contributed by atoms with van der Waals surface area (Å²) in [5.74, 6) is -0.327. The second-order valence-corrected chi connectivity index (χ2v) is 3.64. The number of nitro groups is 1. The first-order valence-corrected chi connectivity index (χ1v) is 5.21. The average Bonchev–Trinajstić information content (AvgIpc) is 2.23. The Labute approximate surface area is 102 Å². The zero-order valence-electron chi connectivity index (χ0n) is 8.85. The minimum Gasteiger partial charge on any atom is -0.370 e. The lowest BCUT2D eigenvalue weighted by Crippen LogP contribution is -2.13. The highest BCUT2D eigenvalue weighted by atomic mass is 35.5. The number of carbonyl (C=O) groups excluding carboxylic acids is 1. The van der Waals surface area contributed by atoms with Crippen molar-refractivity contribution in [3.8, 4) is 0 Å². The summed E-state index contributed by atoms with van der Waals surface area (Å²) >= 11 is 5.64. The molecule has 17 heavy (non-hydrogen) atoms. The molecule has 0 saturated heterocycles. The highest BCUT2D eigenvalue weighted by molar-refractivity contribution is 6.29. The van der Waals surface area contributed by atoms with Crippen LogP contribution < -0.4 is 11.1 Å². The number of pyridine rings is 1. The first-order chi connectivity index (χ1) is 8.00. The number of rotatable bonds is 6. The number of amides is 1. The van der Waals surface area contributed by atoms with Crippen LogP contribution in [-0.2, 0) is 4.79 Å². The molecule has 0 saturated carbocycles. The van der Waals surface area contributed by atoms with Crippen LogP contribution in [0.25, 0.3) is 0 Å². The molecule has 0 radical (unpaired) electrons. The van der Waals surface area contributed by atoms with Gasteiger partial charge in [0.05, 0.1) is 4.92 Å². The van der Waals surface area contributed by atoms with Gasteiger partial charge in [0.25, 0.3) is 0 Å². The molecule has 0 aliphatic carbocycles. The maximum absolute atomic E-state index is 10.7. The van der Waals surface area contributed by atoms with E-state index in [1.165, 1.54) is 12.1 Å². The Morgan fingerprint density at radius 3 is 2.88 bits per heavy atom. The molecule has 3 N–H and O–H groups in total. The van der Waals surface area contributed by atoms with Crippen LogP contribution in [0, 0.1) is 10.1 Å². The van der Waals surface area contributed by atoms with Gasteiger partial charge in [-0.15, -0.1) is 0 Å². The number of halogens is 1. The molecule has 0 aromatic carbocycles. The molecular formula is C9H11ClN4O3. The number of aromatic nitrogens is 1. The summed E-state index contributed by atoms with van der Waals surface area (Å²) in [5, 5.41) is 13.6. The molecule has 0 fully saturated rings. The van der Waals surface area contributed by atoms with Gasteiger partial charge in [0.2, 0.25) is 11.7 Å². The summed E-state index contributed by atoms with van der Waals surface area (Å²) in [6.07, 6.45) is 0.683. The van der Waals surface area contributed by atoms with Crippen molar-refractivity contribution in [2.24, 2.45) is 5.73 Å². The Morgan fingerprint density at radius 1 is 1.59 bits per heavy atom. The van der Waals surface area contributed by atoms with E-state index in [1.807, 2.05) is 0 Å². The summed E-state index contributed by atoms with van der Waals surface area (Å²) in [5.41, 5.74) is 4.80. The SMILES string of the molecule is NC(=O)CCCNc1nc(Cl)ccc1[N+](=O)[O-]. The normalized spacial score (nSPS) is 9.94. The van der Waals surface area contributed by atoms with Crippen molar-refractivity contribution in [1.82, 2.24) is 4.98 Å². The Kier molecular flexibility index (Phi) is 4.65. The second-order valence-electron chi connectivity index (χ2n) is 3.26. The smallest absolute Gasteiger partial charge is 0.311 e. The lowest BCUT2D eigenvalue weighted by molar-refractivity contribution is -0.384. The number of nitrogens with zero attached hydrogens (tertiary/aromatic N) is 2. The zero-order valence-corrected chi connectivity index (χ0v) is 9.61. The lowest BCUT2D eigenvalue weighted by Gasteiger charge is -2.05. The van der Waals surface area contributed by atoms with Gasteiger partial charge in [-0.05, 0) is 12.5 Å². The molecular weight excluding hydrogens is 248 g/mol. The molecule has 0 aliphatic rings. The summed E-state index contributed by atoms with van der Waals surface area (Å²) in [4.78, 5) is 24.4. The summed E-state index contributed by atoms with van der Waals surface area (Å²) < 4.78 is 0. The zero-order chi connectivity index (χ0) is 12.8. The van der Waals surface area contributed by atoms with Crippen LogP contribution in [0.4, 0.5) is 11.5 Å². The monoisotopic (exact) mass is 258 g/mol. The standard InChI is InChI=1S/C9H11ClN4O3/c10-7-4-3-6(14(16)17)9(13-7)12-5-1-2-8(11)15/h3-4H,1-2,5H2,(H2,11,15)(H,12,13). The predicted octanol–water partition coefficient (Wildman–Crippen LogP) is 1.32. The number of nitrogens with two attached hydrogens (primary N) is 1. The number of carbonyl (C=O) groups is 1. The van der Waals surface area contributed by atoms with Gasteiger partial charge in [-0.1, -0.05) is 11.6 Å². The molecule has 7 nitrogen and oxygen atoms in total. The van der Waals surface area contributed by atoms with Gasteiger partial charge in [0, 0.05) is 19.0 Å². The average molecular weight is 259 g/mol. The summed E-state index contributed by atoms with van der Waals surface area (Å²) in [6, 6.07) is 2.61. The fraction of sp³-hybridized carbons (Fsp3) is 0.333. The molecule has 1 aromatic heterocycles. The Hall–Kier alpha value is -1.89. The highest BCUT2D eigenvalue weighted by Gasteiger charge is 2.14. The van der Waals surface area contributed by atoms with Crippen molar-refractivity contribution in [3.05, 3.63) is 27.4 Å². The third kappa shape index (κ3) is 4.23. The van der Waals surface area contributed by atoms with E-state index in [1.54, 1.807) is 0 Å². The van der Waals surface area contributed by atoms with Crippen LogP contribution in [-0.4, -0.2) is 22.4 Å². The van der Waals surface area contributed by atoms with Crippen LogP contribution in [0.2, 0.25) is 5.15 Å². The maximum Gasteiger partial charge on any atom is 0.311 e. The Morgan fingerprint density at radius 2 is 2.29 bits per heavy atom. The summed E-state index contributed by atoms with van der Waals surface area (Å²) in [7, 11) is 0. The predicted molar refractivity (Wildman–Crippen MR) is 62.8 cm³/mol. The fourth-order valence-electron chi connectivity index (χ4n) is 1.17. The number of primary amides is 1. The van der Waals surface area contributed by atoms with Crippen molar-refractivity contribution in [3.63, 3.8) is 0 Å². The van der Waals surface area contributed by atoms with E-state index < -0.39 is 10.8 Å². The summed E-state index contributed by atoms with van der Waals surface area (Å²) in [6.45, 7) is 0.358. The van der Waals surface area contributed by atoms with E-state index in [9.17, 15) is 14.9 Å². The molecule has 0 unspecified atom stereocenters. The van der Waals surface area contributed by atoms with Gasteiger partial charge in [-0.25, -0.2) is 4.98 Å². The molecule has 1 heterocycles. The van der Waals surface area contributed by atoms with Gasteiger partial charge in [0.1, 0.15) is 5.15 Å². The fourth-order valence-corrected chi connectivity index (χ4v) is 1.32. The van der Waals surface area contributed by atoms with Crippen LogP contribution in [0.3, 0.4) is 0 Å². The van der Waals surface area contributed by atoms with E-state index in [-0.39, 0.29) is 23.1 Å². The molecule has 0 atom stereocenters. The van der Waals surface area contributed by atoms with E-state index in [4.69, 9.17) is 17.3 Å². The van der Waals surface area contributed by atoms with Gasteiger partial charge < -0.3 is 11.1 Å². The number of hydrogen-bond donors (Lipinski definition) is 2. The van der Waals surface area contributed by atoms with E-state index in [0.717, 1.165) is 0 Å². The van der Waals surface area contributed by atoms with E-state index >= 15 is 0 Å². The van der Waals surface area contributed by atoms with Gasteiger partial charge in [-0.3, -0.25) is 14.9 Å². The topological polar surface area (TPSA) is 111 Å². The first-order valence-electron chi connectivity index (χ1n) is 4.84. The molecule has 0 aliphatic heterocycles. The Bertz CT molecular complexity index is 438. The molecule has 0 spiro atoms. The first kappa shape index (κ1) is 13.2. The quantitative estimate of drug-likeness (QED) is 0.346. The molecule has 1 rings (SSSR count). The number of nitrogens with one attached hydrogen (secondary N) is 1. The van der Waals surface area contributed by atoms with Gasteiger partial charge in [-0.2, -0.15) is 0 Å². The van der Waals surface area contributed by atoms with Crippen LogP contribution in [0.15, 0.2) is 12.1 Å². The minimum atomic E-state index is -0.556. The third-order valence-electron chi connectivity index (χ3n) is 1.93. The Balaban J connectivity index is 2.65. The van der Waals surface area contributed by atoms with E-state index in [0.29, 0.717) is 13.0 Å². The van der Waals surface area contributed by atoms with Crippen molar-refractivity contribution < 1.29 is 9.72 Å². The molecule has 92 valence electrons. The number of anilines is 1. The molecule has 1 amide bonds. The van der Waals surface area contributed by atoms with Crippen LogP contribution >= 0.6 is 11.6 Å². The van der Waals surface area contributed by atoms with Gasteiger partial charge >= 0.3 is 5.69 Å². The van der Waals surface area contributed by atoms with Crippen molar-refractivity contribution in [2.45, 2.75) is 12.8 Å². The van der Waals surface area contributed by atoms with Gasteiger partial charge in [0.15, 0.2) is 0 Å². The van der Waals surface area contributed by atoms with Crippen molar-refractivity contribution in [1.29, 1.82) is 0 Å². The minimum absolute atomic E-state index is 0.0898. The number of hydrogen-bond acceptors (Lipinski definition) is 5. The molecule has 0 bridgehead atoms. The van der Waals surface area contributed by atoms with Crippen LogP contribution in [0.1, 0.15) is 12.8 Å². The van der Waals surface area contributed by atoms with Crippen molar-refractivity contribution in [2.75, 3.05) is 11.9 Å². The lowest BCUT2D eigenvalue weighted by atomic mass is 10.3. The van der Waals surface area contributed by atoms with Crippen LogP contribution in [0.5, 0.6) is 0 Å². The maximum atomic E-state index is 10.7. The second kappa shape index (κ2) is 6.00. The molecule has 8 heteroatoms. The van der Waals surface area contributed by atoms with Crippen molar-refractivity contribution >= 4 is 29.0 Å². The largest absolute Gasteiger partial charge is 0.370 e. The highest BCUT2D eigenvalue weighted by Crippen LogP contribution is 2.23. The molecule has 1 aromatic rings.